The molecule has 14 heavy (non-hydrogen) atoms. The van der Waals surface area contributed by atoms with Crippen molar-refractivity contribution in [2.24, 2.45) is 0 Å². The van der Waals surface area contributed by atoms with Crippen molar-refractivity contribution in [2.45, 2.75) is 6.54 Å². The molecule has 1 aliphatic heterocycles. The van der Waals surface area contributed by atoms with Crippen LogP contribution in [0, 0.1) is 0 Å². The lowest BCUT2D eigenvalue weighted by atomic mass is 10.1. The predicted molar refractivity (Wildman–Crippen MR) is 58.4 cm³/mol. The van der Waals surface area contributed by atoms with Crippen molar-refractivity contribution in [1.29, 1.82) is 0 Å². The molecule has 0 aliphatic carbocycles. The maximum absolute atomic E-state index is 11.2. The molecule has 0 fully saturated rings. The first-order valence-electron chi connectivity index (χ1n) is 3.91. The van der Waals surface area contributed by atoms with Crippen LogP contribution in [-0.2, 0) is 16.1 Å². The van der Waals surface area contributed by atoms with Crippen LogP contribution in [0.5, 0.6) is 0 Å². The minimum Gasteiger partial charge on any atom is -0.464 e. The van der Waals surface area contributed by atoms with Gasteiger partial charge in [0.25, 0.3) is 0 Å². The molecule has 0 aromatic carbocycles. The van der Waals surface area contributed by atoms with E-state index in [1.165, 1.54) is 12.7 Å². The standard InChI is InChI=1S/C9H9NO2S.ClH/c1-12-9(11)7-4-8-6(5-10-7)2-3-13-8;/h2-4,10H,5H2,1H3;1H. The van der Waals surface area contributed by atoms with Gasteiger partial charge in [-0.2, -0.15) is 0 Å². The van der Waals surface area contributed by atoms with Crippen LogP contribution in [0.2, 0.25) is 0 Å². The third-order valence-corrected chi connectivity index (χ3v) is 2.84. The number of hydrogen-bond donors (Lipinski definition) is 1. The van der Waals surface area contributed by atoms with E-state index in [9.17, 15) is 4.79 Å². The Morgan fingerprint density at radius 1 is 1.64 bits per heavy atom. The zero-order valence-corrected chi connectivity index (χ0v) is 9.21. The van der Waals surface area contributed by atoms with Crippen LogP contribution >= 0.6 is 23.7 Å². The van der Waals surface area contributed by atoms with Gasteiger partial charge in [0.05, 0.1) is 7.11 Å². The summed E-state index contributed by atoms with van der Waals surface area (Å²) in [5.41, 5.74) is 1.77. The first-order chi connectivity index (χ1) is 6.31. The van der Waals surface area contributed by atoms with Crippen molar-refractivity contribution in [1.82, 2.24) is 5.32 Å². The maximum Gasteiger partial charge on any atom is 0.354 e. The average Bonchev–Trinajstić information content (AvgIpc) is 2.63. The van der Waals surface area contributed by atoms with Crippen molar-refractivity contribution in [3.63, 3.8) is 0 Å². The van der Waals surface area contributed by atoms with E-state index in [1.807, 2.05) is 11.5 Å². The fourth-order valence-electron chi connectivity index (χ4n) is 1.23. The molecule has 1 N–H and O–H groups in total. The van der Waals surface area contributed by atoms with E-state index in [0.29, 0.717) is 12.2 Å². The molecule has 3 nitrogen and oxygen atoms in total. The highest BCUT2D eigenvalue weighted by molar-refractivity contribution is 7.11. The van der Waals surface area contributed by atoms with E-state index < -0.39 is 0 Å². The highest BCUT2D eigenvalue weighted by Crippen LogP contribution is 2.23. The van der Waals surface area contributed by atoms with E-state index in [4.69, 9.17) is 0 Å². The highest BCUT2D eigenvalue weighted by atomic mass is 35.5. The minimum atomic E-state index is -0.306. The largest absolute Gasteiger partial charge is 0.464 e. The van der Waals surface area contributed by atoms with Crippen molar-refractivity contribution in [2.75, 3.05) is 7.11 Å². The van der Waals surface area contributed by atoms with Gasteiger partial charge in [0, 0.05) is 11.4 Å². The van der Waals surface area contributed by atoms with Crippen LogP contribution < -0.4 is 5.32 Å². The second-order valence-corrected chi connectivity index (χ2v) is 3.66. The van der Waals surface area contributed by atoms with Gasteiger partial charge in [0.2, 0.25) is 0 Å². The van der Waals surface area contributed by atoms with Gasteiger partial charge in [-0.3, -0.25) is 0 Å². The zero-order valence-electron chi connectivity index (χ0n) is 7.57. The summed E-state index contributed by atoms with van der Waals surface area (Å²) < 4.78 is 4.62. The number of hydrogen-bond acceptors (Lipinski definition) is 4. The molecule has 1 aliphatic rings. The van der Waals surface area contributed by atoms with Crippen molar-refractivity contribution in [3.8, 4) is 0 Å². The van der Waals surface area contributed by atoms with Crippen LogP contribution in [-0.4, -0.2) is 13.1 Å². The second-order valence-electron chi connectivity index (χ2n) is 2.71. The van der Waals surface area contributed by atoms with Gasteiger partial charge in [0.1, 0.15) is 5.70 Å². The summed E-state index contributed by atoms with van der Waals surface area (Å²) >= 11 is 1.63. The molecule has 1 aromatic rings. The lowest BCUT2D eigenvalue weighted by Gasteiger charge is -2.13. The lowest BCUT2D eigenvalue weighted by Crippen LogP contribution is -2.23. The van der Waals surface area contributed by atoms with Gasteiger partial charge in [-0.05, 0) is 23.1 Å². The first kappa shape index (κ1) is 11.1. The van der Waals surface area contributed by atoms with Crippen LogP contribution in [0.25, 0.3) is 6.08 Å². The van der Waals surface area contributed by atoms with E-state index in [1.54, 1.807) is 11.3 Å². The van der Waals surface area contributed by atoms with E-state index in [0.717, 1.165) is 4.88 Å². The van der Waals surface area contributed by atoms with Gasteiger partial charge in [-0.15, -0.1) is 23.7 Å². The number of esters is 1. The molecule has 0 radical (unpaired) electrons. The Bertz CT molecular complexity index is 373. The smallest absolute Gasteiger partial charge is 0.354 e. The summed E-state index contributed by atoms with van der Waals surface area (Å²) in [6.07, 6.45) is 1.83. The van der Waals surface area contributed by atoms with Crippen LogP contribution in [0.4, 0.5) is 0 Å². The topological polar surface area (TPSA) is 38.3 Å². The second kappa shape index (κ2) is 4.48. The summed E-state index contributed by atoms with van der Waals surface area (Å²) in [5, 5.41) is 5.02. The number of ether oxygens (including phenoxy) is 1. The molecule has 76 valence electrons. The number of carbonyl (C=O) groups is 1. The number of halogens is 1. The zero-order chi connectivity index (χ0) is 9.26. The fraction of sp³-hybridized carbons (Fsp3) is 0.222. The highest BCUT2D eigenvalue weighted by Gasteiger charge is 2.15. The Morgan fingerprint density at radius 2 is 2.43 bits per heavy atom. The molecule has 0 saturated carbocycles. The third-order valence-electron chi connectivity index (χ3n) is 1.93. The number of methoxy groups -OCH3 is 1. The maximum atomic E-state index is 11.2. The Labute approximate surface area is 92.2 Å². The number of thiophene rings is 1. The fourth-order valence-corrected chi connectivity index (χ4v) is 2.09. The van der Waals surface area contributed by atoms with Crippen LogP contribution in [0.15, 0.2) is 17.1 Å². The van der Waals surface area contributed by atoms with Gasteiger partial charge in [0.15, 0.2) is 0 Å². The molecular weight excluding hydrogens is 222 g/mol. The molecule has 0 amide bonds. The Balaban J connectivity index is 0.000000980. The number of rotatable bonds is 1. The first-order valence-corrected chi connectivity index (χ1v) is 4.79. The molecule has 2 heterocycles. The summed E-state index contributed by atoms with van der Waals surface area (Å²) in [4.78, 5) is 12.3. The summed E-state index contributed by atoms with van der Waals surface area (Å²) in [7, 11) is 1.38. The summed E-state index contributed by atoms with van der Waals surface area (Å²) in [6.45, 7) is 0.708. The van der Waals surface area contributed by atoms with E-state index in [2.05, 4.69) is 16.1 Å². The number of nitrogens with one attached hydrogen (secondary N) is 1. The van der Waals surface area contributed by atoms with Crippen LogP contribution in [0.1, 0.15) is 10.4 Å². The van der Waals surface area contributed by atoms with Gasteiger partial charge >= 0.3 is 5.97 Å². The molecule has 0 atom stereocenters. The molecule has 5 heteroatoms. The van der Waals surface area contributed by atoms with Gasteiger partial charge in [-0.1, -0.05) is 0 Å². The van der Waals surface area contributed by atoms with Crippen molar-refractivity contribution in [3.05, 3.63) is 27.6 Å². The molecular formula is C9H10ClNO2S. The molecule has 0 spiro atoms. The monoisotopic (exact) mass is 231 g/mol. The average molecular weight is 232 g/mol. The van der Waals surface area contributed by atoms with Crippen LogP contribution in [0.3, 0.4) is 0 Å². The quantitative estimate of drug-likeness (QED) is 0.749. The predicted octanol–water partition coefficient (Wildman–Crippen LogP) is 1.79. The number of carbonyl (C=O) groups excluding carboxylic acids is 1. The van der Waals surface area contributed by atoms with E-state index in [-0.39, 0.29) is 18.4 Å². The molecule has 1 aromatic heterocycles. The summed E-state index contributed by atoms with van der Waals surface area (Å²) in [5.74, 6) is -0.306. The van der Waals surface area contributed by atoms with Gasteiger partial charge in [-0.25, -0.2) is 4.79 Å². The van der Waals surface area contributed by atoms with Crippen molar-refractivity contribution >= 4 is 35.8 Å². The van der Waals surface area contributed by atoms with Crippen molar-refractivity contribution < 1.29 is 9.53 Å². The Kier molecular flexibility index (Phi) is 3.55. The molecule has 2 rings (SSSR count). The summed E-state index contributed by atoms with van der Waals surface area (Å²) in [6, 6.07) is 2.05. The van der Waals surface area contributed by atoms with E-state index >= 15 is 0 Å². The normalized spacial score (nSPS) is 13.1. The Hall–Kier alpha value is -1.00. The number of fused-ring (bicyclic) bond motifs is 1. The minimum absolute atomic E-state index is 0. The molecule has 0 unspecified atom stereocenters. The Morgan fingerprint density at radius 3 is 3.14 bits per heavy atom. The molecule has 0 saturated heterocycles. The van der Waals surface area contributed by atoms with Gasteiger partial charge < -0.3 is 10.1 Å². The molecule has 0 bridgehead atoms. The SMILES string of the molecule is COC(=O)C1=Cc2sccc2CN1.Cl. The third kappa shape index (κ3) is 1.91. The lowest BCUT2D eigenvalue weighted by molar-refractivity contribution is -0.136.